The Morgan fingerprint density at radius 3 is 2.18 bits per heavy atom. The predicted molar refractivity (Wildman–Crippen MR) is 51.5 cm³/mol. The summed E-state index contributed by atoms with van der Waals surface area (Å²) in [5, 5.41) is 0. The fourth-order valence-electron chi connectivity index (χ4n) is 0.641. The predicted octanol–water partition coefficient (Wildman–Crippen LogP) is 2.32. The third-order valence-corrected chi connectivity index (χ3v) is 1.25. The van der Waals surface area contributed by atoms with Crippen LogP contribution in [0.5, 0.6) is 0 Å². The molecule has 11 heavy (non-hydrogen) atoms. The van der Waals surface area contributed by atoms with Crippen molar-refractivity contribution >= 4 is 11.9 Å². The Bertz CT molecular complexity index is 182. The van der Waals surface area contributed by atoms with Gasteiger partial charge in [0.25, 0.3) is 0 Å². The molecule has 0 spiro atoms. The van der Waals surface area contributed by atoms with Gasteiger partial charge in [0, 0.05) is 24.9 Å². The maximum absolute atomic E-state index is 4.12. The molecule has 0 aliphatic rings. The Hall–Kier alpha value is -0.920. The van der Waals surface area contributed by atoms with Crippen molar-refractivity contribution in [1.29, 1.82) is 0 Å². The maximum atomic E-state index is 4.12. The SMILES string of the molecule is C=C/N=C(\C=N/C)C(C)(C)C. The number of aliphatic imine (C=N–C) groups is 2. The van der Waals surface area contributed by atoms with Gasteiger partial charge < -0.3 is 0 Å². The van der Waals surface area contributed by atoms with Crippen LogP contribution < -0.4 is 0 Å². The molecule has 62 valence electrons. The molecule has 0 bridgehead atoms. The minimum Gasteiger partial charge on any atom is -0.295 e. The van der Waals surface area contributed by atoms with Gasteiger partial charge >= 0.3 is 0 Å². The Labute approximate surface area is 68.8 Å². The summed E-state index contributed by atoms with van der Waals surface area (Å²) in [5.74, 6) is 0. The highest BCUT2D eigenvalue weighted by Crippen LogP contribution is 2.14. The second-order valence-corrected chi connectivity index (χ2v) is 3.33. The van der Waals surface area contributed by atoms with E-state index in [1.807, 2.05) is 0 Å². The summed E-state index contributed by atoms with van der Waals surface area (Å²) in [7, 11) is 1.74. The van der Waals surface area contributed by atoms with Crippen molar-refractivity contribution in [3.63, 3.8) is 0 Å². The molecule has 0 N–H and O–H groups in total. The average Bonchev–Trinajstić information content (AvgIpc) is 1.85. The van der Waals surface area contributed by atoms with Crippen molar-refractivity contribution in [2.24, 2.45) is 15.4 Å². The Kier molecular flexibility index (Phi) is 3.72. The molecule has 0 heterocycles. The van der Waals surface area contributed by atoms with E-state index < -0.39 is 0 Å². The van der Waals surface area contributed by atoms with Crippen LogP contribution in [0.4, 0.5) is 0 Å². The summed E-state index contributed by atoms with van der Waals surface area (Å²) < 4.78 is 0. The summed E-state index contributed by atoms with van der Waals surface area (Å²) >= 11 is 0. The van der Waals surface area contributed by atoms with Gasteiger partial charge in [0.2, 0.25) is 0 Å². The van der Waals surface area contributed by atoms with E-state index in [4.69, 9.17) is 0 Å². The lowest BCUT2D eigenvalue weighted by molar-refractivity contribution is 0.598. The molecule has 0 aromatic rings. The highest BCUT2D eigenvalue weighted by molar-refractivity contribution is 6.32. The van der Waals surface area contributed by atoms with Crippen LogP contribution in [0, 0.1) is 5.41 Å². The molecule has 0 atom stereocenters. The van der Waals surface area contributed by atoms with E-state index in [9.17, 15) is 0 Å². The first-order chi connectivity index (χ1) is 5.02. The number of nitrogens with zero attached hydrogens (tertiary/aromatic N) is 2. The molecule has 2 nitrogen and oxygen atoms in total. The van der Waals surface area contributed by atoms with Crippen molar-refractivity contribution in [3.8, 4) is 0 Å². The topological polar surface area (TPSA) is 24.7 Å². The fraction of sp³-hybridized carbons (Fsp3) is 0.556. The van der Waals surface area contributed by atoms with Crippen molar-refractivity contribution in [2.75, 3.05) is 7.05 Å². The zero-order valence-corrected chi connectivity index (χ0v) is 7.76. The third-order valence-electron chi connectivity index (χ3n) is 1.25. The first-order valence-corrected chi connectivity index (χ1v) is 3.63. The first kappa shape index (κ1) is 10.1. The summed E-state index contributed by atoms with van der Waals surface area (Å²) in [6.45, 7) is 9.83. The summed E-state index contributed by atoms with van der Waals surface area (Å²) in [4.78, 5) is 8.03. The fourth-order valence-corrected chi connectivity index (χ4v) is 0.641. The van der Waals surface area contributed by atoms with E-state index in [2.05, 4.69) is 37.3 Å². The van der Waals surface area contributed by atoms with Gasteiger partial charge in [-0.1, -0.05) is 27.4 Å². The maximum Gasteiger partial charge on any atom is 0.0634 e. The van der Waals surface area contributed by atoms with Gasteiger partial charge in [-0.2, -0.15) is 0 Å². The molecule has 2 heteroatoms. The lowest BCUT2D eigenvalue weighted by Crippen LogP contribution is -2.21. The van der Waals surface area contributed by atoms with Crippen molar-refractivity contribution in [1.82, 2.24) is 0 Å². The zero-order valence-electron chi connectivity index (χ0n) is 7.76. The number of hydrogen-bond donors (Lipinski definition) is 0. The van der Waals surface area contributed by atoms with E-state index in [1.54, 1.807) is 19.5 Å². The number of rotatable bonds is 2. The van der Waals surface area contributed by atoms with Gasteiger partial charge in [-0.25, -0.2) is 0 Å². The standard InChI is InChI=1S/C9H16N2/c1-6-11-8(7-10-5)9(2,3)4/h6-7H,1H2,2-5H3/b10-7-,11-8+. The normalized spacial score (nSPS) is 14.0. The molecular weight excluding hydrogens is 136 g/mol. The molecule has 0 rings (SSSR count). The van der Waals surface area contributed by atoms with Gasteiger partial charge in [-0.15, -0.1) is 0 Å². The average molecular weight is 152 g/mol. The van der Waals surface area contributed by atoms with Crippen LogP contribution in [-0.4, -0.2) is 19.0 Å². The summed E-state index contributed by atoms with van der Waals surface area (Å²) in [5.41, 5.74) is 1.00. The highest BCUT2D eigenvalue weighted by atomic mass is 14.8. The van der Waals surface area contributed by atoms with Crippen LogP contribution in [0.15, 0.2) is 22.8 Å². The molecule has 0 saturated heterocycles. The number of hydrogen-bond acceptors (Lipinski definition) is 2. The molecule has 0 aliphatic carbocycles. The smallest absolute Gasteiger partial charge is 0.0634 e. The van der Waals surface area contributed by atoms with Crippen LogP contribution >= 0.6 is 0 Å². The van der Waals surface area contributed by atoms with Gasteiger partial charge in [-0.3, -0.25) is 9.98 Å². The molecule has 0 saturated carbocycles. The second kappa shape index (κ2) is 4.06. The lowest BCUT2D eigenvalue weighted by Gasteiger charge is -2.16. The second-order valence-electron chi connectivity index (χ2n) is 3.33. The molecule has 0 aromatic heterocycles. The summed E-state index contributed by atoms with van der Waals surface area (Å²) in [6.07, 6.45) is 3.31. The zero-order chi connectivity index (χ0) is 8.91. The van der Waals surface area contributed by atoms with Crippen LogP contribution in [0.25, 0.3) is 0 Å². The lowest BCUT2D eigenvalue weighted by atomic mass is 9.90. The Morgan fingerprint density at radius 1 is 1.36 bits per heavy atom. The molecule has 0 unspecified atom stereocenters. The minimum atomic E-state index is 0.0493. The monoisotopic (exact) mass is 152 g/mol. The largest absolute Gasteiger partial charge is 0.295 e. The first-order valence-electron chi connectivity index (χ1n) is 3.63. The van der Waals surface area contributed by atoms with Crippen LogP contribution in [0.1, 0.15) is 20.8 Å². The van der Waals surface area contributed by atoms with E-state index in [1.165, 1.54) is 0 Å². The molecule has 0 radical (unpaired) electrons. The van der Waals surface area contributed by atoms with E-state index in [-0.39, 0.29) is 5.41 Å². The van der Waals surface area contributed by atoms with Crippen LogP contribution in [0.2, 0.25) is 0 Å². The van der Waals surface area contributed by atoms with E-state index in [0.717, 1.165) is 5.71 Å². The van der Waals surface area contributed by atoms with Gasteiger partial charge in [0.1, 0.15) is 0 Å². The van der Waals surface area contributed by atoms with Crippen LogP contribution in [-0.2, 0) is 0 Å². The van der Waals surface area contributed by atoms with E-state index >= 15 is 0 Å². The van der Waals surface area contributed by atoms with Gasteiger partial charge in [0.05, 0.1) is 5.71 Å². The molecule has 0 amide bonds. The Balaban J connectivity index is 4.61. The van der Waals surface area contributed by atoms with E-state index in [0.29, 0.717) is 0 Å². The van der Waals surface area contributed by atoms with Crippen molar-refractivity contribution < 1.29 is 0 Å². The summed E-state index contributed by atoms with van der Waals surface area (Å²) in [6, 6.07) is 0. The Morgan fingerprint density at radius 2 is 1.91 bits per heavy atom. The molecular formula is C9H16N2. The quantitative estimate of drug-likeness (QED) is 0.542. The minimum absolute atomic E-state index is 0.0493. The van der Waals surface area contributed by atoms with Crippen molar-refractivity contribution in [3.05, 3.63) is 12.8 Å². The van der Waals surface area contributed by atoms with Gasteiger partial charge in [-0.05, 0) is 0 Å². The molecule has 0 aliphatic heterocycles. The van der Waals surface area contributed by atoms with Crippen LogP contribution in [0.3, 0.4) is 0 Å². The van der Waals surface area contributed by atoms with Gasteiger partial charge in [0.15, 0.2) is 0 Å². The molecule has 0 aromatic carbocycles. The van der Waals surface area contributed by atoms with Crippen molar-refractivity contribution in [2.45, 2.75) is 20.8 Å². The highest BCUT2D eigenvalue weighted by Gasteiger charge is 2.15. The third kappa shape index (κ3) is 3.71. The molecule has 0 fully saturated rings.